The van der Waals surface area contributed by atoms with Gasteiger partial charge in [0.1, 0.15) is 22.6 Å². The van der Waals surface area contributed by atoms with Crippen LogP contribution in [-0.4, -0.2) is 14.5 Å². The van der Waals surface area contributed by atoms with E-state index in [-0.39, 0.29) is 28.0 Å². The molecule has 3 nitrogen and oxygen atoms in total. The first kappa shape index (κ1) is 20.5. The van der Waals surface area contributed by atoms with Gasteiger partial charge in [-0.25, -0.2) is 22.5 Å². The van der Waals surface area contributed by atoms with Gasteiger partial charge in [0.15, 0.2) is 5.82 Å². The number of halogens is 5. The maximum atomic E-state index is 15.5. The number of hydrogen-bond donors (Lipinski definition) is 0. The zero-order valence-corrected chi connectivity index (χ0v) is 17.4. The number of nitrogens with zero attached hydrogens (tertiary/aromatic N) is 3. The third kappa shape index (κ3) is 3.39. The second kappa shape index (κ2) is 7.60. The van der Waals surface area contributed by atoms with Gasteiger partial charge < -0.3 is 4.57 Å². The van der Waals surface area contributed by atoms with Crippen LogP contribution in [0.15, 0.2) is 55.0 Å². The Morgan fingerprint density at radius 1 is 0.906 bits per heavy atom. The van der Waals surface area contributed by atoms with Gasteiger partial charge >= 0.3 is 0 Å². The van der Waals surface area contributed by atoms with Gasteiger partial charge in [0.2, 0.25) is 0 Å². The molecule has 160 valence electrons. The van der Waals surface area contributed by atoms with Gasteiger partial charge in [0.25, 0.3) is 0 Å². The molecule has 3 aromatic heterocycles. The molecule has 0 amide bonds. The monoisotopic (exact) mass is 455 g/mol. The van der Waals surface area contributed by atoms with E-state index in [0.717, 1.165) is 12.3 Å². The largest absolute Gasteiger partial charge is 0.347 e. The van der Waals surface area contributed by atoms with Crippen LogP contribution in [0.1, 0.15) is 11.3 Å². The molecule has 0 unspecified atom stereocenters. The minimum absolute atomic E-state index is 0.0762. The number of rotatable bonds is 3. The van der Waals surface area contributed by atoms with Crippen LogP contribution in [0.25, 0.3) is 32.8 Å². The summed E-state index contributed by atoms with van der Waals surface area (Å²) in [5.74, 6) is -2.43. The summed E-state index contributed by atoms with van der Waals surface area (Å²) in [7, 11) is 1.65. The van der Waals surface area contributed by atoms with Crippen LogP contribution in [-0.2, 0) is 13.5 Å². The molecule has 3 heterocycles. The Morgan fingerprint density at radius 2 is 1.66 bits per heavy atom. The molecule has 0 N–H and O–H groups in total. The van der Waals surface area contributed by atoms with Gasteiger partial charge in [-0.1, -0.05) is 23.7 Å². The van der Waals surface area contributed by atoms with Crippen molar-refractivity contribution in [1.82, 2.24) is 14.5 Å². The zero-order chi connectivity index (χ0) is 22.6. The Bertz CT molecular complexity index is 1510. The molecule has 0 saturated heterocycles. The van der Waals surface area contributed by atoms with E-state index >= 15 is 4.39 Å². The Labute approximate surface area is 184 Å². The Morgan fingerprint density at radius 3 is 2.41 bits per heavy atom. The molecular weight excluding hydrogens is 442 g/mol. The van der Waals surface area contributed by atoms with E-state index in [4.69, 9.17) is 11.6 Å². The third-order valence-electron chi connectivity index (χ3n) is 5.40. The van der Waals surface area contributed by atoms with Gasteiger partial charge in [-0.05, 0) is 29.1 Å². The van der Waals surface area contributed by atoms with Crippen LogP contribution >= 0.6 is 11.6 Å². The van der Waals surface area contributed by atoms with Crippen molar-refractivity contribution in [3.8, 4) is 11.1 Å². The maximum Gasteiger partial charge on any atom is 0.165 e. The first-order valence-corrected chi connectivity index (χ1v) is 10.0. The maximum absolute atomic E-state index is 15.5. The fourth-order valence-electron chi connectivity index (χ4n) is 4.02. The van der Waals surface area contributed by atoms with Crippen molar-refractivity contribution in [3.05, 3.63) is 94.7 Å². The highest BCUT2D eigenvalue weighted by atomic mass is 35.5. The Hall–Kier alpha value is -3.45. The minimum atomic E-state index is -0.670. The molecule has 0 aliphatic rings. The lowest BCUT2D eigenvalue weighted by Crippen LogP contribution is -1.96. The van der Waals surface area contributed by atoms with Crippen molar-refractivity contribution in [3.63, 3.8) is 0 Å². The summed E-state index contributed by atoms with van der Waals surface area (Å²) in [5.41, 5.74) is 1.84. The Balaban J connectivity index is 1.61. The third-order valence-corrected chi connectivity index (χ3v) is 5.68. The molecule has 0 aliphatic carbocycles. The van der Waals surface area contributed by atoms with Crippen LogP contribution in [0.5, 0.6) is 0 Å². The molecule has 8 heteroatoms. The fourth-order valence-corrected chi connectivity index (χ4v) is 4.26. The van der Waals surface area contributed by atoms with E-state index < -0.39 is 23.3 Å². The highest BCUT2D eigenvalue weighted by Crippen LogP contribution is 2.38. The lowest BCUT2D eigenvalue weighted by molar-refractivity contribution is 0.580. The summed E-state index contributed by atoms with van der Waals surface area (Å²) in [4.78, 5) is 8.12. The second-order valence-electron chi connectivity index (χ2n) is 7.55. The van der Waals surface area contributed by atoms with Gasteiger partial charge in [-0.2, -0.15) is 0 Å². The zero-order valence-electron chi connectivity index (χ0n) is 16.6. The van der Waals surface area contributed by atoms with Crippen molar-refractivity contribution in [2.24, 2.45) is 7.05 Å². The summed E-state index contributed by atoms with van der Waals surface area (Å²) in [6, 6.07) is 8.23. The average Bonchev–Trinajstić information content (AvgIpc) is 3.08. The number of aryl methyl sites for hydroxylation is 1. The first-order chi connectivity index (χ1) is 15.3. The van der Waals surface area contributed by atoms with Crippen molar-refractivity contribution in [2.75, 3.05) is 0 Å². The van der Waals surface area contributed by atoms with Crippen LogP contribution in [0.3, 0.4) is 0 Å². The van der Waals surface area contributed by atoms with Crippen molar-refractivity contribution < 1.29 is 17.6 Å². The SMILES string of the molecule is Cn1cc(-c2ccc3cc(Cc4cc(F)cc(F)c4)ncc3c2F)c2c(Cl)ncc(F)c21. The molecule has 0 bridgehead atoms. The average molecular weight is 456 g/mol. The number of aromatic nitrogens is 3. The number of hydrogen-bond acceptors (Lipinski definition) is 2. The lowest BCUT2D eigenvalue weighted by atomic mass is 10.00. The topological polar surface area (TPSA) is 30.7 Å². The van der Waals surface area contributed by atoms with Gasteiger partial charge in [0, 0.05) is 59.5 Å². The molecule has 5 rings (SSSR count). The van der Waals surface area contributed by atoms with E-state index in [0.29, 0.717) is 27.6 Å². The molecule has 0 aliphatic heterocycles. The minimum Gasteiger partial charge on any atom is -0.347 e. The van der Waals surface area contributed by atoms with Crippen LogP contribution in [0.2, 0.25) is 5.15 Å². The highest BCUT2D eigenvalue weighted by molar-refractivity contribution is 6.35. The van der Waals surface area contributed by atoms with Gasteiger partial charge in [-0.15, -0.1) is 0 Å². The smallest absolute Gasteiger partial charge is 0.165 e. The van der Waals surface area contributed by atoms with Gasteiger partial charge in [-0.3, -0.25) is 4.98 Å². The van der Waals surface area contributed by atoms with E-state index in [2.05, 4.69) is 9.97 Å². The molecule has 32 heavy (non-hydrogen) atoms. The number of benzene rings is 2. The summed E-state index contributed by atoms with van der Waals surface area (Å²) in [6.07, 6.45) is 4.20. The predicted octanol–water partition coefficient (Wildman–Crippen LogP) is 6.59. The number of fused-ring (bicyclic) bond motifs is 2. The molecule has 0 spiro atoms. The van der Waals surface area contributed by atoms with E-state index in [1.54, 1.807) is 31.4 Å². The molecule has 0 fully saturated rings. The predicted molar refractivity (Wildman–Crippen MR) is 116 cm³/mol. The van der Waals surface area contributed by atoms with E-state index in [1.807, 2.05) is 0 Å². The quantitative estimate of drug-likeness (QED) is 0.227. The molecule has 5 aromatic rings. The normalized spacial score (nSPS) is 11.6. The molecule has 2 aromatic carbocycles. The van der Waals surface area contributed by atoms with Crippen molar-refractivity contribution >= 4 is 33.3 Å². The second-order valence-corrected chi connectivity index (χ2v) is 7.91. The summed E-state index contributed by atoms with van der Waals surface area (Å²) >= 11 is 6.21. The standard InChI is InChI=1S/C24H14ClF4N3/c1-32-11-19(21-23(32)20(28)10-31-24(21)25)17-3-2-13-7-16(30-9-18(13)22(17)29)6-12-4-14(26)8-15(27)5-12/h2-5,7-11H,6H2,1H3. The summed E-state index contributed by atoms with van der Waals surface area (Å²) in [5, 5.41) is 1.23. The lowest BCUT2D eigenvalue weighted by Gasteiger charge is -2.08. The van der Waals surface area contributed by atoms with Crippen molar-refractivity contribution in [1.29, 1.82) is 0 Å². The summed E-state index contributed by atoms with van der Waals surface area (Å²) < 4.78 is 58.2. The number of pyridine rings is 2. The van der Waals surface area contributed by atoms with Crippen LogP contribution in [0, 0.1) is 23.3 Å². The van der Waals surface area contributed by atoms with E-state index in [1.165, 1.54) is 22.9 Å². The Kier molecular flexibility index (Phi) is 4.86. The van der Waals surface area contributed by atoms with Crippen molar-refractivity contribution in [2.45, 2.75) is 6.42 Å². The van der Waals surface area contributed by atoms with E-state index in [9.17, 15) is 13.2 Å². The fraction of sp³-hybridized carbons (Fsp3) is 0.0833. The molecule has 0 saturated carbocycles. The molecule has 0 atom stereocenters. The molecular formula is C24H14ClF4N3. The summed E-state index contributed by atoms with van der Waals surface area (Å²) in [6.45, 7) is 0. The first-order valence-electron chi connectivity index (χ1n) is 9.63. The van der Waals surface area contributed by atoms with Crippen LogP contribution < -0.4 is 0 Å². The highest BCUT2D eigenvalue weighted by Gasteiger charge is 2.20. The molecule has 0 radical (unpaired) electrons. The van der Waals surface area contributed by atoms with Gasteiger partial charge in [0.05, 0.1) is 11.7 Å². The van der Waals surface area contributed by atoms with Crippen LogP contribution in [0.4, 0.5) is 17.6 Å².